The molecule has 0 aliphatic carbocycles. The van der Waals surface area contributed by atoms with Gasteiger partial charge in [0.2, 0.25) is 17.6 Å². The number of amides is 1. The van der Waals surface area contributed by atoms with Crippen molar-refractivity contribution in [1.82, 2.24) is 20.4 Å². The Bertz CT molecular complexity index is 1040. The largest absolute Gasteiger partial charge is 0.356 e. The molecule has 0 spiro atoms. The molecule has 32 heavy (non-hydrogen) atoms. The second kappa shape index (κ2) is 10.9. The van der Waals surface area contributed by atoms with Crippen molar-refractivity contribution in [2.45, 2.75) is 32.2 Å². The van der Waals surface area contributed by atoms with E-state index in [4.69, 9.17) is 27.7 Å². The molecular formula is C24H26Cl2N4O2. The van der Waals surface area contributed by atoms with Gasteiger partial charge in [0.15, 0.2) is 0 Å². The third-order valence-electron chi connectivity index (χ3n) is 5.67. The molecule has 168 valence electrons. The van der Waals surface area contributed by atoms with Gasteiger partial charge in [0.05, 0.1) is 17.5 Å². The van der Waals surface area contributed by atoms with Gasteiger partial charge < -0.3 is 9.84 Å². The maximum Gasteiger partial charge on any atom is 0.241 e. The first-order valence-corrected chi connectivity index (χ1v) is 11.7. The minimum atomic E-state index is -0.0229. The zero-order valence-corrected chi connectivity index (χ0v) is 19.3. The minimum Gasteiger partial charge on any atom is -0.356 e. The lowest BCUT2D eigenvalue weighted by Crippen LogP contribution is -2.43. The van der Waals surface area contributed by atoms with Crippen molar-refractivity contribution < 1.29 is 9.32 Å². The number of aryl methyl sites for hydroxylation is 1. The average Bonchev–Trinajstić information content (AvgIpc) is 3.26. The van der Waals surface area contributed by atoms with E-state index in [-0.39, 0.29) is 11.8 Å². The van der Waals surface area contributed by atoms with Crippen LogP contribution in [0.5, 0.6) is 0 Å². The highest BCUT2D eigenvalue weighted by Crippen LogP contribution is 2.25. The second-order valence-corrected chi connectivity index (χ2v) is 8.93. The number of benzene rings is 2. The van der Waals surface area contributed by atoms with Crippen molar-refractivity contribution in [2.75, 3.05) is 19.6 Å². The van der Waals surface area contributed by atoms with Crippen LogP contribution < -0.4 is 5.32 Å². The number of carbonyl (C=O) groups is 1. The van der Waals surface area contributed by atoms with Crippen molar-refractivity contribution in [3.05, 3.63) is 70.0 Å². The molecule has 1 fully saturated rings. The SMILES string of the molecule is O=C(NCCCc1ccc(Cl)cc1)C1CCCN(Cc2nc(-c3ccccc3Cl)no2)C1. The van der Waals surface area contributed by atoms with Crippen molar-refractivity contribution in [3.63, 3.8) is 0 Å². The normalized spacial score (nSPS) is 16.8. The number of aromatic nitrogens is 2. The van der Waals surface area contributed by atoms with Gasteiger partial charge in [-0.25, -0.2) is 0 Å². The minimum absolute atomic E-state index is 0.0229. The first-order chi connectivity index (χ1) is 15.6. The molecule has 1 aliphatic heterocycles. The van der Waals surface area contributed by atoms with E-state index in [1.807, 2.05) is 42.5 Å². The summed E-state index contributed by atoms with van der Waals surface area (Å²) in [6.45, 7) is 2.79. The van der Waals surface area contributed by atoms with Crippen molar-refractivity contribution >= 4 is 29.1 Å². The van der Waals surface area contributed by atoms with Gasteiger partial charge >= 0.3 is 0 Å². The third kappa shape index (κ3) is 6.09. The molecule has 0 saturated carbocycles. The standard InChI is InChI=1S/C24H26Cl2N4O2/c25-19-11-9-17(10-12-19)5-3-13-27-24(31)18-6-4-14-30(15-18)16-22-28-23(29-32-22)20-7-1-2-8-21(20)26/h1-2,7-12,18H,3-6,13-16H2,(H,27,31). The Morgan fingerprint density at radius 3 is 2.78 bits per heavy atom. The van der Waals surface area contributed by atoms with E-state index >= 15 is 0 Å². The summed E-state index contributed by atoms with van der Waals surface area (Å²) in [6, 6.07) is 15.3. The highest BCUT2D eigenvalue weighted by atomic mass is 35.5. The van der Waals surface area contributed by atoms with Crippen LogP contribution in [0.2, 0.25) is 10.0 Å². The Hall–Kier alpha value is -2.41. The summed E-state index contributed by atoms with van der Waals surface area (Å²) in [4.78, 5) is 19.3. The predicted molar refractivity (Wildman–Crippen MR) is 126 cm³/mol. The number of hydrogen-bond acceptors (Lipinski definition) is 5. The van der Waals surface area contributed by atoms with E-state index < -0.39 is 0 Å². The summed E-state index contributed by atoms with van der Waals surface area (Å²) in [6.07, 6.45) is 3.68. The molecule has 1 saturated heterocycles. The van der Waals surface area contributed by atoms with E-state index in [0.29, 0.717) is 36.4 Å². The van der Waals surface area contributed by atoms with E-state index in [1.165, 1.54) is 5.56 Å². The topological polar surface area (TPSA) is 71.3 Å². The summed E-state index contributed by atoms with van der Waals surface area (Å²) >= 11 is 12.1. The lowest BCUT2D eigenvalue weighted by molar-refractivity contribution is -0.126. The van der Waals surface area contributed by atoms with Crippen LogP contribution >= 0.6 is 23.2 Å². The van der Waals surface area contributed by atoms with Gasteiger partial charge in [-0.1, -0.05) is 52.6 Å². The number of halogens is 2. The van der Waals surface area contributed by atoms with Gasteiger partial charge in [-0.3, -0.25) is 9.69 Å². The molecule has 0 bridgehead atoms. The predicted octanol–water partition coefficient (Wildman–Crippen LogP) is 5.00. The molecule has 0 radical (unpaired) electrons. The van der Waals surface area contributed by atoms with Gasteiger partial charge in [0.25, 0.3) is 0 Å². The van der Waals surface area contributed by atoms with E-state index in [0.717, 1.165) is 42.8 Å². The number of hydrogen-bond donors (Lipinski definition) is 1. The molecule has 3 aromatic rings. The number of carbonyl (C=O) groups excluding carboxylic acids is 1. The highest BCUT2D eigenvalue weighted by Gasteiger charge is 2.26. The van der Waals surface area contributed by atoms with Crippen molar-refractivity contribution in [2.24, 2.45) is 5.92 Å². The summed E-state index contributed by atoms with van der Waals surface area (Å²) in [7, 11) is 0. The molecule has 1 atom stereocenters. The van der Waals surface area contributed by atoms with Crippen LogP contribution in [0.25, 0.3) is 11.4 Å². The van der Waals surface area contributed by atoms with E-state index in [2.05, 4.69) is 20.4 Å². The van der Waals surface area contributed by atoms with Gasteiger partial charge in [0.1, 0.15) is 0 Å². The lowest BCUT2D eigenvalue weighted by Gasteiger charge is -2.30. The fourth-order valence-corrected chi connectivity index (χ4v) is 4.32. The molecule has 8 heteroatoms. The maximum absolute atomic E-state index is 12.7. The zero-order chi connectivity index (χ0) is 22.3. The summed E-state index contributed by atoms with van der Waals surface area (Å²) < 4.78 is 5.43. The quantitative estimate of drug-likeness (QED) is 0.466. The zero-order valence-electron chi connectivity index (χ0n) is 17.8. The fourth-order valence-electron chi connectivity index (χ4n) is 3.97. The van der Waals surface area contributed by atoms with Gasteiger partial charge in [-0.05, 0) is 62.1 Å². The lowest BCUT2D eigenvalue weighted by atomic mass is 9.97. The fraction of sp³-hybridized carbons (Fsp3) is 0.375. The average molecular weight is 473 g/mol. The summed E-state index contributed by atoms with van der Waals surface area (Å²) in [5.74, 6) is 1.11. The molecule has 1 amide bonds. The highest BCUT2D eigenvalue weighted by molar-refractivity contribution is 6.33. The first-order valence-electron chi connectivity index (χ1n) is 10.9. The van der Waals surface area contributed by atoms with Crippen LogP contribution in [0.15, 0.2) is 53.1 Å². The van der Waals surface area contributed by atoms with E-state index in [9.17, 15) is 4.79 Å². The van der Waals surface area contributed by atoms with Crippen LogP contribution in [0.1, 0.15) is 30.7 Å². The summed E-state index contributed by atoms with van der Waals surface area (Å²) in [5, 5.41) is 8.48. The Labute approximate surface area is 197 Å². The number of nitrogens with zero attached hydrogens (tertiary/aromatic N) is 3. The molecule has 1 aliphatic rings. The van der Waals surface area contributed by atoms with Gasteiger partial charge in [-0.2, -0.15) is 4.98 Å². The number of rotatable bonds is 8. The molecule has 1 N–H and O–H groups in total. The second-order valence-electron chi connectivity index (χ2n) is 8.09. The maximum atomic E-state index is 12.7. The van der Waals surface area contributed by atoms with Crippen LogP contribution in [-0.4, -0.2) is 40.6 Å². The van der Waals surface area contributed by atoms with Crippen LogP contribution in [0.4, 0.5) is 0 Å². The molecule has 1 aromatic heterocycles. The molecular weight excluding hydrogens is 447 g/mol. The molecule has 2 aromatic carbocycles. The number of nitrogens with one attached hydrogen (secondary N) is 1. The van der Waals surface area contributed by atoms with Crippen LogP contribution in [0, 0.1) is 5.92 Å². The van der Waals surface area contributed by atoms with E-state index in [1.54, 1.807) is 6.07 Å². The monoisotopic (exact) mass is 472 g/mol. The third-order valence-corrected chi connectivity index (χ3v) is 6.25. The molecule has 6 nitrogen and oxygen atoms in total. The Balaban J connectivity index is 1.24. The number of likely N-dealkylation sites (tertiary alicyclic amines) is 1. The number of piperidine rings is 1. The summed E-state index contributed by atoms with van der Waals surface area (Å²) in [5.41, 5.74) is 1.97. The smallest absolute Gasteiger partial charge is 0.241 e. The Morgan fingerprint density at radius 1 is 1.16 bits per heavy atom. The molecule has 1 unspecified atom stereocenters. The van der Waals surface area contributed by atoms with Gasteiger partial charge in [-0.15, -0.1) is 0 Å². The van der Waals surface area contributed by atoms with Crippen molar-refractivity contribution in [1.29, 1.82) is 0 Å². The first kappa shape index (κ1) is 22.8. The Morgan fingerprint density at radius 2 is 1.97 bits per heavy atom. The Kier molecular flexibility index (Phi) is 7.79. The van der Waals surface area contributed by atoms with Crippen LogP contribution in [-0.2, 0) is 17.8 Å². The molecule has 4 rings (SSSR count). The van der Waals surface area contributed by atoms with Gasteiger partial charge in [0, 0.05) is 23.7 Å². The van der Waals surface area contributed by atoms with Crippen molar-refractivity contribution in [3.8, 4) is 11.4 Å². The molecule has 2 heterocycles. The van der Waals surface area contributed by atoms with Crippen LogP contribution in [0.3, 0.4) is 0 Å².